The second-order valence-corrected chi connectivity index (χ2v) is 3.02. The van der Waals surface area contributed by atoms with Gasteiger partial charge in [-0.3, -0.25) is 9.88 Å². The fourth-order valence-corrected chi connectivity index (χ4v) is 1.02. The lowest BCUT2D eigenvalue weighted by Crippen LogP contribution is -2.24. The topological polar surface area (TPSA) is 55.0 Å². The van der Waals surface area contributed by atoms with Crippen LogP contribution in [-0.4, -0.2) is 34.9 Å². The van der Waals surface area contributed by atoms with Crippen molar-refractivity contribution in [1.29, 1.82) is 0 Å². The maximum atomic E-state index is 12.0. The summed E-state index contributed by atoms with van der Waals surface area (Å²) in [7, 11) is 1.60. The normalized spacial score (nSPS) is 11.2. The van der Waals surface area contributed by atoms with Gasteiger partial charge >= 0.3 is 0 Å². The van der Waals surface area contributed by atoms with E-state index in [0.717, 1.165) is 0 Å². The quantitative estimate of drug-likeness (QED) is 0.783. The number of hydrogen-bond acceptors (Lipinski definition) is 4. The average molecular weight is 202 g/mol. The molecule has 1 heterocycles. The zero-order chi connectivity index (χ0) is 10.6. The van der Waals surface area contributed by atoms with Gasteiger partial charge in [0.25, 0.3) is 6.43 Å². The van der Waals surface area contributed by atoms with Gasteiger partial charge in [-0.15, -0.1) is 0 Å². The van der Waals surface area contributed by atoms with Crippen LogP contribution in [0.1, 0.15) is 5.69 Å². The second-order valence-electron chi connectivity index (χ2n) is 3.02. The molecule has 0 saturated heterocycles. The summed E-state index contributed by atoms with van der Waals surface area (Å²) in [5, 5.41) is 0. The van der Waals surface area contributed by atoms with Crippen molar-refractivity contribution in [2.45, 2.75) is 13.0 Å². The summed E-state index contributed by atoms with van der Waals surface area (Å²) in [4.78, 5) is 9.24. The fraction of sp³-hybridized carbons (Fsp3) is 0.500. The minimum atomic E-state index is -2.33. The number of nitrogens with two attached hydrogens (primary N) is 1. The third kappa shape index (κ3) is 3.61. The first-order chi connectivity index (χ1) is 6.58. The zero-order valence-electron chi connectivity index (χ0n) is 7.82. The summed E-state index contributed by atoms with van der Waals surface area (Å²) in [6.45, 7) is 0.0731. The Hall–Kier alpha value is -1.30. The average Bonchev–Trinajstić information content (AvgIpc) is 2.07. The first-order valence-electron chi connectivity index (χ1n) is 4.11. The van der Waals surface area contributed by atoms with Gasteiger partial charge in [0.2, 0.25) is 0 Å². The molecule has 0 atom stereocenters. The summed E-state index contributed by atoms with van der Waals surface area (Å²) in [6, 6.07) is 0. The maximum absolute atomic E-state index is 12.0. The van der Waals surface area contributed by atoms with Crippen molar-refractivity contribution in [3.63, 3.8) is 0 Å². The Bertz CT molecular complexity index is 275. The molecular weight excluding hydrogens is 190 g/mol. The van der Waals surface area contributed by atoms with Gasteiger partial charge in [-0.05, 0) is 7.05 Å². The molecule has 2 N–H and O–H groups in total. The highest BCUT2D eigenvalue weighted by Gasteiger charge is 2.08. The van der Waals surface area contributed by atoms with Gasteiger partial charge in [-0.1, -0.05) is 0 Å². The van der Waals surface area contributed by atoms with E-state index in [4.69, 9.17) is 5.73 Å². The van der Waals surface area contributed by atoms with Crippen molar-refractivity contribution in [1.82, 2.24) is 14.9 Å². The zero-order valence-corrected chi connectivity index (χ0v) is 7.82. The van der Waals surface area contributed by atoms with E-state index in [0.29, 0.717) is 18.1 Å². The van der Waals surface area contributed by atoms with E-state index in [1.54, 1.807) is 7.05 Å². The van der Waals surface area contributed by atoms with Crippen LogP contribution >= 0.6 is 0 Å². The number of rotatable bonds is 4. The number of hydrogen-bond donors (Lipinski definition) is 1. The minimum absolute atomic E-state index is 0.272. The van der Waals surface area contributed by atoms with Gasteiger partial charge in [0.05, 0.1) is 24.6 Å². The first-order valence-corrected chi connectivity index (χ1v) is 4.11. The Balaban J connectivity index is 2.47. The molecule has 0 aromatic carbocycles. The SMILES string of the molecule is CN(Cc1cnc(N)cn1)CC(F)F. The van der Waals surface area contributed by atoms with E-state index < -0.39 is 6.43 Å². The van der Waals surface area contributed by atoms with Gasteiger partial charge in [-0.2, -0.15) is 0 Å². The van der Waals surface area contributed by atoms with Gasteiger partial charge < -0.3 is 5.73 Å². The van der Waals surface area contributed by atoms with Crippen LogP contribution in [0.5, 0.6) is 0 Å². The monoisotopic (exact) mass is 202 g/mol. The third-order valence-corrected chi connectivity index (χ3v) is 1.61. The Morgan fingerprint density at radius 1 is 1.43 bits per heavy atom. The van der Waals surface area contributed by atoms with Crippen LogP contribution in [0, 0.1) is 0 Å². The summed E-state index contributed by atoms with van der Waals surface area (Å²) in [6.07, 6.45) is 0.560. The van der Waals surface area contributed by atoms with Gasteiger partial charge in [-0.25, -0.2) is 13.8 Å². The number of anilines is 1. The fourth-order valence-electron chi connectivity index (χ4n) is 1.02. The molecule has 0 bridgehead atoms. The van der Waals surface area contributed by atoms with Crippen LogP contribution in [-0.2, 0) is 6.54 Å². The smallest absolute Gasteiger partial charge is 0.251 e. The molecule has 1 aromatic rings. The highest BCUT2D eigenvalue weighted by Crippen LogP contribution is 2.02. The summed E-state index contributed by atoms with van der Waals surface area (Å²) < 4.78 is 23.9. The first kappa shape index (κ1) is 10.8. The summed E-state index contributed by atoms with van der Waals surface area (Å²) >= 11 is 0. The highest BCUT2D eigenvalue weighted by molar-refractivity contribution is 5.22. The van der Waals surface area contributed by atoms with E-state index in [-0.39, 0.29) is 6.54 Å². The van der Waals surface area contributed by atoms with Crippen molar-refractivity contribution < 1.29 is 8.78 Å². The van der Waals surface area contributed by atoms with E-state index in [1.165, 1.54) is 17.3 Å². The molecule has 1 rings (SSSR count). The molecule has 0 aliphatic heterocycles. The highest BCUT2D eigenvalue weighted by atomic mass is 19.3. The van der Waals surface area contributed by atoms with Crippen LogP contribution in [0.25, 0.3) is 0 Å². The van der Waals surface area contributed by atoms with Crippen molar-refractivity contribution in [2.24, 2.45) is 0 Å². The third-order valence-electron chi connectivity index (χ3n) is 1.61. The van der Waals surface area contributed by atoms with Crippen molar-refractivity contribution in [2.75, 3.05) is 19.3 Å². The molecule has 0 aliphatic carbocycles. The standard InChI is InChI=1S/C8H12F2N4/c1-14(5-7(9)10)4-6-2-13-8(11)3-12-6/h2-3,7H,4-5H2,1H3,(H2,11,13). The Labute approximate surface area is 80.8 Å². The number of nitrogens with zero attached hydrogens (tertiary/aromatic N) is 3. The maximum Gasteiger partial charge on any atom is 0.251 e. The lowest BCUT2D eigenvalue weighted by atomic mass is 10.4. The molecule has 6 heteroatoms. The van der Waals surface area contributed by atoms with Gasteiger partial charge in [0.15, 0.2) is 0 Å². The van der Waals surface area contributed by atoms with Crippen molar-refractivity contribution >= 4 is 5.82 Å². The van der Waals surface area contributed by atoms with Crippen LogP contribution in [0.15, 0.2) is 12.4 Å². The van der Waals surface area contributed by atoms with E-state index in [2.05, 4.69) is 9.97 Å². The number of alkyl halides is 2. The van der Waals surface area contributed by atoms with Crippen LogP contribution in [0.2, 0.25) is 0 Å². The van der Waals surface area contributed by atoms with E-state index in [1.807, 2.05) is 0 Å². The van der Waals surface area contributed by atoms with Crippen molar-refractivity contribution in [3.05, 3.63) is 18.1 Å². The molecular formula is C8H12F2N4. The minimum Gasteiger partial charge on any atom is -0.382 e. The van der Waals surface area contributed by atoms with Crippen LogP contribution in [0.3, 0.4) is 0 Å². The number of aromatic nitrogens is 2. The number of nitrogen functional groups attached to an aromatic ring is 1. The molecule has 1 aromatic heterocycles. The molecule has 0 aliphatic rings. The molecule has 78 valence electrons. The molecule has 0 radical (unpaired) electrons. The Morgan fingerprint density at radius 3 is 2.64 bits per heavy atom. The largest absolute Gasteiger partial charge is 0.382 e. The summed E-state index contributed by atoms with van der Waals surface area (Å²) in [5.41, 5.74) is 5.96. The van der Waals surface area contributed by atoms with Crippen LogP contribution in [0.4, 0.5) is 14.6 Å². The van der Waals surface area contributed by atoms with Gasteiger partial charge in [0.1, 0.15) is 5.82 Å². The van der Waals surface area contributed by atoms with Crippen LogP contribution < -0.4 is 5.73 Å². The predicted molar refractivity (Wildman–Crippen MR) is 48.8 cm³/mol. The summed E-state index contributed by atoms with van der Waals surface area (Å²) in [5.74, 6) is 0.324. The van der Waals surface area contributed by atoms with E-state index in [9.17, 15) is 8.78 Å². The molecule has 0 unspecified atom stereocenters. The Morgan fingerprint density at radius 2 is 2.14 bits per heavy atom. The number of halogens is 2. The lowest BCUT2D eigenvalue weighted by molar-refractivity contribution is 0.0970. The Kier molecular flexibility index (Phi) is 3.70. The molecule has 0 spiro atoms. The molecule has 14 heavy (non-hydrogen) atoms. The molecule has 0 fully saturated rings. The lowest BCUT2D eigenvalue weighted by Gasteiger charge is -2.14. The predicted octanol–water partition coefficient (Wildman–Crippen LogP) is 0.756. The molecule has 0 saturated carbocycles. The second kappa shape index (κ2) is 4.80. The van der Waals surface area contributed by atoms with E-state index >= 15 is 0 Å². The molecule has 0 amide bonds. The van der Waals surface area contributed by atoms with Crippen molar-refractivity contribution in [3.8, 4) is 0 Å². The molecule has 4 nitrogen and oxygen atoms in total. The van der Waals surface area contributed by atoms with Gasteiger partial charge in [0, 0.05) is 6.54 Å².